The Hall–Kier alpha value is -2.94. The first-order chi connectivity index (χ1) is 17.9. The highest BCUT2D eigenvalue weighted by molar-refractivity contribution is 6.30. The van der Waals surface area contributed by atoms with Crippen molar-refractivity contribution in [1.82, 2.24) is 14.5 Å². The number of aldehydes is 1. The van der Waals surface area contributed by atoms with Gasteiger partial charge >= 0.3 is 0 Å². The average molecular weight is 526 g/mol. The van der Waals surface area contributed by atoms with Crippen molar-refractivity contribution >= 4 is 17.9 Å². The van der Waals surface area contributed by atoms with Gasteiger partial charge in [0.25, 0.3) is 5.79 Å². The molecule has 3 aliphatic heterocycles. The highest BCUT2D eigenvalue weighted by Crippen LogP contribution is 2.49. The maximum absolute atomic E-state index is 14.7. The third-order valence-corrected chi connectivity index (χ3v) is 7.93. The third-order valence-electron chi connectivity index (χ3n) is 7.69. The summed E-state index contributed by atoms with van der Waals surface area (Å²) in [4.78, 5) is 18.4. The summed E-state index contributed by atoms with van der Waals surface area (Å²) >= 11 is 5.94. The Balaban J connectivity index is 1.14. The smallest absolute Gasteiger partial charge is 0.278 e. The Morgan fingerprint density at radius 1 is 1.19 bits per heavy atom. The SMILES string of the molecule is CC1(c2ccc(Cl)cc2F)Oc2cccc(C3CCN(Cc4ncc(C=O)n4C[C@@H]4CCO4)CC3)c2O1. The van der Waals surface area contributed by atoms with Gasteiger partial charge in [-0.05, 0) is 62.5 Å². The van der Waals surface area contributed by atoms with E-state index < -0.39 is 11.6 Å². The molecule has 0 bridgehead atoms. The normalized spacial score (nSPS) is 23.7. The lowest BCUT2D eigenvalue weighted by atomic mass is 9.88. The highest BCUT2D eigenvalue weighted by Gasteiger charge is 2.43. The number of fused-ring (bicyclic) bond motifs is 1. The first kappa shape index (κ1) is 24.4. The molecule has 2 fully saturated rings. The lowest BCUT2D eigenvalue weighted by molar-refractivity contribution is -0.0712. The van der Waals surface area contributed by atoms with Crippen molar-refractivity contribution in [3.8, 4) is 11.5 Å². The Labute approximate surface area is 220 Å². The van der Waals surface area contributed by atoms with Crippen molar-refractivity contribution in [3.63, 3.8) is 0 Å². The molecule has 0 aliphatic carbocycles. The van der Waals surface area contributed by atoms with Crippen molar-refractivity contribution in [2.45, 2.75) is 57.1 Å². The zero-order valence-electron chi connectivity index (χ0n) is 20.7. The Bertz CT molecular complexity index is 1320. The lowest BCUT2D eigenvalue weighted by Crippen LogP contribution is -2.36. The first-order valence-corrected chi connectivity index (χ1v) is 13.1. The predicted octanol–water partition coefficient (Wildman–Crippen LogP) is 5.30. The van der Waals surface area contributed by atoms with E-state index in [1.165, 1.54) is 6.07 Å². The Kier molecular flexibility index (Phi) is 6.42. The second kappa shape index (κ2) is 9.74. The zero-order valence-corrected chi connectivity index (χ0v) is 21.4. The van der Waals surface area contributed by atoms with Crippen molar-refractivity contribution in [2.75, 3.05) is 19.7 Å². The number of hydrogen-bond acceptors (Lipinski definition) is 6. The minimum Gasteiger partial charge on any atom is -0.444 e. The molecule has 194 valence electrons. The number of nitrogens with zero attached hydrogens (tertiary/aromatic N) is 3. The van der Waals surface area contributed by atoms with Crippen LogP contribution in [-0.2, 0) is 23.6 Å². The van der Waals surface area contributed by atoms with E-state index in [1.54, 1.807) is 25.3 Å². The zero-order chi connectivity index (χ0) is 25.6. The topological polar surface area (TPSA) is 65.8 Å². The number of rotatable bonds is 7. The van der Waals surface area contributed by atoms with Crippen LogP contribution in [0.15, 0.2) is 42.6 Å². The first-order valence-electron chi connectivity index (χ1n) is 12.7. The molecule has 0 amide bonds. The van der Waals surface area contributed by atoms with Gasteiger partial charge in [-0.2, -0.15) is 0 Å². The monoisotopic (exact) mass is 525 g/mol. The number of likely N-dealkylation sites (tertiary alicyclic amines) is 1. The van der Waals surface area contributed by atoms with Gasteiger partial charge in [0.15, 0.2) is 17.8 Å². The number of carbonyl (C=O) groups excluding carboxylic acids is 1. The summed E-state index contributed by atoms with van der Waals surface area (Å²) in [6.45, 7) is 5.65. The molecule has 6 rings (SSSR count). The molecule has 9 heteroatoms. The summed E-state index contributed by atoms with van der Waals surface area (Å²) in [5, 5.41) is 0.328. The number of hydrogen-bond donors (Lipinski definition) is 0. The molecule has 3 aliphatic rings. The van der Waals surface area contributed by atoms with Gasteiger partial charge in [-0.1, -0.05) is 23.7 Å². The van der Waals surface area contributed by atoms with Gasteiger partial charge in [0, 0.05) is 24.1 Å². The molecule has 7 nitrogen and oxygen atoms in total. The van der Waals surface area contributed by atoms with E-state index in [1.807, 2.05) is 16.7 Å². The van der Waals surface area contributed by atoms with Gasteiger partial charge in [-0.25, -0.2) is 9.37 Å². The molecule has 3 aromatic rings. The molecular weight excluding hydrogens is 497 g/mol. The standard InChI is InChI=1S/C28H29ClFN3O4/c1-28(23-6-5-19(29)13-24(23)30)36-25-4-2-3-22(27(25)37-28)18-7-10-32(11-8-18)16-26-31-14-20(17-34)33(26)15-21-9-12-35-21/h2-6,13-14,17-18,21H,7-12,15-16H2,1H3/t21-,28?/m0/s1. The van der Waals surface area contributed by atoms with E-state index in [0.717, 1.165) is 56.6 Å². The number of piperidine rings is 1. The minimum absolute atomic E-state index is 0.159. The quantitative estimate of drug-likeness (QED) is 0.390. The molecule has 2 atom stereocenters. The summed E-state index contributed by atoms with van der Waals surface area (Å²) in [6, 6.07) is 10.4. The van der Waals surface area contributed by atoms with E-state index in [9.17, 15) is 9.18 Å². The summed E-state index contributed by atoms with van der Waals surface area (Å²) in [7, 11) is 0. The molecule has 1 unspecified atom stereocenters. The number of para-hydroxylation sites is 1. The van der Waals surface area contributed by atoms with Gasteiger partial charge < -0.3 is 18.8 Å². The summed E-state index contributed by atoms with van der Waals surface area (Å²) < 4.78 is 34.7. The number of carbonyl (C=O) groups is 1. The van der Waals surface area contributed by atoms with Crippen LogP contribution in [0.2, 0.25) is 5.02 Å². The largest absolute Gasteiger partial charge is 0.444 e. The van der Waals surface area contributed by atoms with Crippen LogP contribution < -0.4 is 9.47 Å². The molecule has 0 radical (unpaired) electrons. The fourth-order valence-electron chi connectivity index (χ4n) is 5.53. The molecule has 2 saturated heterocycles. The maximum Gasteiger partial charge on any atom is 0.278 e. The van der Waals surface area contributed by atoms with Crippen molar-refractivity contribution in [1.29, 1.82) is 0 Å². The van der Waals surface area contributed by atoms with Gasteiger partial charge in [0.05, 0.1) is 31.0 Å². The predicted molar refractivity (Wildman–Crippen MR) is 136 cm³/mol. The number of benzene rings is 2. The number of imidazole rings is 1. The number of halogens is 2. The second-order valence-electron chi connectivity index (χ2n) is 10.1. The van der Waals surface area contributed by atoms with Crippen LogP contribution in [0.5, 0.6) is 11.5 Å². The molecule has 37 heavy (non-hydrogen) atoms. The van der Waals surface area contributed by atoms with E-state index in [4.69, 9.17) is 25.8 Å². The number of ether oxygens (including phenoxy) is 3. The van der Waals surface area contributed by atoms with E-state index in [2.05, 4.69) is 16.0 Å². The fraction of sp³-hybridized carbons (Fsp3) is 0.429. The molecule has 0 spiro atoms. The van der Waals surface area contributed by atoms with Crippen molar-refractivity contribution in [2.24, 2.45) is 0 Å². The molecule has 0 N–H and O–H groups in total. The van der Waals surface area contributed by atoms with Gasteiger partial charge in [0.1, 0.15) is 17.3 Å². The molecule has 4 heterocycles. The van der Waals surface area contributed by atoms with Crippen LogP contribution in [0.3, 0.4) is 0 Å². The van der Waals surface area contributed by atoms with E-state index in [-0.39, 0.29) is 6.10 Å². The maximum atomic E-state index is 14.7. The van der Waals surface area contributed by atoms with Gasteiger partial charge in [-0.15, -0.1) is 0 Å². The molecular formula is C28H29ClFN3O4. The summed E-state index contributed by atoms with van der Waals surface area (Å²) in [5.74, 6) is 0.779. The molecule has 2 aromatic carbocycles. The van der Waals surface area contributed by atoms with E-state index in [0.29, 0.717) is 46.8 Å². The van der Waals surface area contributed by atoms with Gasteiger partial charge in [0.2, 0.25) is 0 Å². The Morgan fingerprint density at radius 2 is 2.00 bits per heavy atom. The van der Waals surface area contributed by atoms with Crippen LogP contribution in [0, 0.1) is 5.82 Å². The van der Waals surface area contributed by atoms with Crippen LogP contribution in [0.25, 0.3) is 0 Å². The summed E-state index contributed by atoms with van der Waals surface area (Å²) in [6.07, 6.45) is 5.57. The van der Waals surface area contributed by atoms with Crippen molar-refractivity contribution in [3.05, 3.63) is 76.1 Å². The fourth-order valence-corrected chi connectivity index (χ4v) is 5.69. The van der Waals surface area contributed by atoms with Crippen LogP contribution in [-0.4, -0.2) is 46.5 Å². The Morgan fingerprint density at radius 3 is 2.70 bits per heavy atom. The number of aromatic nitrogens is 2. The molecule has 0 saturated carbocycles. The second-order valence-corrected chi connectivity index (χ2v) is 10.5. The summed E-state index contributed by atoms with van der Waals surface area (Å²) in [5.41, 5.74) is 1.99. The lowest BCUT2D eigenvalue weighted by Gasteiger charge is -2.33. The minimum atomic E-state index is -1.26. The third kappa shape index (κ3) is 4.62. The van der Waals surface area contributed by atoms with Crippen LogP contribution in [0.4, 0.5) is 4.39 Å². The van der Waals surface area contributed by atoms with Gasteiger partial charge in [-0.3, -0.25) is 9.69 Å². The highest BCUT2D eigenvalue weighted by atomic mass is 35.5. The van der Waals surface area contributed by atoms with Crippen LogP contribution >= 0.6 is 11.6 Å². The van der Waals surface area contributed by atoms with Crippen molar-refractivity contribution < 1.29 is 23.4 Å². The van der Waals surface area contributed by atoms with E-state index >= 15 is 0 Å². The average Bonchev–Trinajstić information content (AvgIpc) is 3.41. The molecule has 1 aromatic heterocycles. The van der Waals surface area contributed by atoms with Crippen LogP contribution in [0.1, 0.15) is 59.5 Å².